The van der Waals surface area contributed by atoms with Crippen LogP contribution in [0.25, 0.3) is 22.0 Å². The summed E-state index contributed by atoms with van der Waals surface area (Å²) >= 11 is 0. The van der Waals surface area contributed by atoms with Gasteiger partial charge >= 0.3 is 0 Å². The normalized spacial score (nSPS) is 11.8. The fraction of sp³-hybridized carbons (Fsp3) is 0.263. The van der Waals surface area contributed by atoms with Crippen LogP contribution in [0.2, 0.25) is 0 Å². The van der Waals surface area contributed by atoms with Crippen molar-refractivity contribution in [2.75, 3.05) is 7.11 Å². The number of hydrogen-bond acceptors (Lipinski definition) is 1. The minimum Gasteiger partial charge on any atom is -0.497 e. The first-order valence-corrected chi connectivity index (χ1v) is 7.25. The molecule has 0 aliphatic heterocycles. The standard InChI is InChI=1S/C19H21NO/c1-19(2,3)14-7-5-13(6-8-14)17-12-20-18-10-9-15(21-4)11-16(17)18/h5-12,20H,1-4H3. The van der Waals surface area contributed by atoms with Crippen LogP contribution in [-0.4, -0.2) is 12.1 Å². The quantitative estimate of drug-likeness (QED) is 0.690. The molecule has 3 rings (SSSR count). The van der Waals surface area contributed by atoms with Crippen LogP contribution in [0, 0.1) is 0 Å². The molecule has 0 atom stereocenters. The molecule has 1 N–H and O–H groups in total. The zero-order valence-electron chi connectivity index (χ0n) is 13.0. The number of H-pyrrole nitrogens is 1. The van der Waals surface area contributed by atoms with Crippen LogP contribution in [0.5, 0.6) is 5.75 Å². The summed E-state index contributed by atoms with van der Waals surface area (Å²) in [5, 5.41) is 1.19. The molecule has 0 saturated heterocycles. The molecular weight excluding hydrogens is 258 g/mol. The van der Waals surface area contributed by atoms with Gasteiger partial charge in [-0.1, -0.05) is 45.0 Å². The molecule has 0 fully saturated rings. The van der Waals surface area contributed by atoms with Gasteiger partial charge in [0.1, 0.15) is 5.75 Å². The lowest BCUT2D eigenvalue weighted by molar-refractivity contribution is 0.415. The molecule has 2 heteroatoms. The van der Waals surface area contributed by atoms with Crippen molar-refractivity contribution in [3.05, 3.63) is 54.2 Å². The van der Waals surface area contributed by atoms with Gasteiger partial charge in [-0.2, -0.15) is 0 Å². The molecule has 0 amide bonds. The fourth-order valence-corrected chi connectivity index (χ4v) is 2.62. The van der Waals surface area contributed by atoms with E-state index in [4.69, 9.17) is 4.74 Å². The molecule has 0 aliphatic carbocycles. The molecule has 0 bridgehead atoms. The number of aromatic amines is 1. The number of methoxy groups -OCH3 is 1. The third-order valence-electron chi connectivity index (χ3n) is 3.95. The lowest BCUT2D eigenvalue weighted by atomic mass is 9.86. The van der Waals surface area contributed by atoms with Crippen molar-refractivity contribution in [3.8, 4) is 16.9 Å². The number of ether oxygens (including phenoxy) is 1. The van der Waals surface area contributed by atoms with E-state index in [-0.39, 0.29) is 5.41 Å². The molecule has 2 aromatic carbocycles. The van der Waals surface area contributed by atoms with Crippen molar-refractivity contribution in [2.24, 2.45) is 0 Å². The van der Waals surface area contributed by atoms with E-state index in [9.17, 15) is 0 Å². The van der Waals surface area contributed by atoms with E-state index in [1.54, 1.807) is 7.11 Å². The lowest BCUT2D eigenvalue weighted by Crippen LogP contribution is -2.10. The Hall–Kier alpha value is -2.22. The molecule has 21 heavy (non-hydrogen) atoms. The Morgan fingerprint density at radius 1 is 0.952 bits per heavy atom. The minimum absolute atomic E-state index is 0.183. The second kappa shape index (κ2) is 4.96. The van der Waals surface area contributed by atoms with Gasteiger partial charge < -0.3 is 9.72 Å². The average Bonchev–Trinajstić information content (AvgIpc) is 2.89. The fourth-order valence-electron chi connectivity index (χ4n) is 2.62. The molecule has 0 radical (unpaired) electrons. The van der Waals surface area contributed by atoms with Gasteiger partial charge in [0.05, 0.1) is 7.11 Å². The zero-order valence-corrected chi connectivity index (χ0v) is 13.0. The summed E-state index contributed by atoms with van der Waals surface area (Å²) in [7, 11) is 1.70. The number of nitrogens with one attached hydrogen (secondary N) is 1. The third-order valence-corrected chi connectivity index (χ3v) is 3.95. The zero-order chi connectivity index (χ0) is 15.0. The van der Waals surface area contributed by atoms with Crippen molar-refractivity contribution < 1.29 is 4.74 Å². The molecule has 1 heterocycles. The first kappa shape index (κ1) is 13.7. The molecule has 2 nitrogen and oxygen atoms in total. The summed E-state index contributed by atoms with van der Waals surface area (Å²) in [6.07, 6.45) is 2.07. The summed E-state index contributed by atoms with van der Waals surface area (Å²) in [5.74, 6) is 0.884. The Morgan fingerprint density at radius 3 is 2.29 bits per heavy atom. The molecule has 0 spiro atoms. The number of benzene rings is 2. The van der Waals surface area contributed by atoms with Gasteiger partial charge in [0.25, 0.3) is 0 Å². The summed E-state index contributed by atoms with van der Waals surface area (Å²) in [6.45, 7) is 6.70. The van der Waals surface area contributed by atoms with Crippen molar-refractivity contribution in [3.63, 3.8) is 0 Å². The Balaban J connectivity index is 2.08. The van der Waals surface area contributed by atoms with Crippen LogP contribution in [0.4, 0.5) is 0 Å². The molecule has 0 saturated carbocycles. The molecule has 1 aromatic heterocycles. The predicted molar refractivity (Wildman–Crippen MR) is 89.0 cm³/mol. The number of hydrogen-bond donors (Lipinski definition) is 1. The minimum atomic E-state index is 0.183. The van der Waals surface area contributed by atoms with Gasteiger partial charge in [0, 0.05) is 22.7 Å². The summed E-state index contributed by atoms with van der Waals surface area (Å²) in [6, 6.07) is 14.9. The number of rotatable bonds is 2. The van der Waals surface area contributed by atoms with Crippen molar-refractivity contribution in [2.45, 2.75) is 26.2 Å². The largest absolute Gasteiger partial charge is 0.497 e. The van der Waals surface area contributed by atoms with Crippen LogP contribution in [-0.2, 0) is 5.41 Å². The van der Waals surface area contributed by atoms with Crippen molar-refractivity contribution in [1.82, 2.24) is 4.98 Å². The summed E-state index contributed by atoms with van der Waals surface area (Å²) in [5.41, 5.74) is 5.10. The highest BCUT2D eigenvalue weighted by Gasteiger charge is 2.14. The third kappa shape index (κ3) is 2.54. The maximum Gasteiger partial charge on any atom is 0.119 e. The van der Waals surface area contributed by atoms with E-state index >= 15 is 0 Å². The van der Waals surface area contributed by atoms with Crippen LogP contribution in [0.1, 0.15) is 26.3 Å². The van der Waals surface area contributed by atoms with E-state index < -0.39 is 0 Å². The van der Waals surface area contributed by atoms with E-state index in [2.05, 4.69) is 68.4 Å². The molecular formula is C19H21NO. The number of aromatic nitrogens is 1. The number of fused-ring (bicyclic) bond motifs is 1. The summed E-state index contributed by atoms with van der Waals surface area (Å²) < 4.78 is 5.33. The van der Waals surface area contributed by atoms with Crippen LogP contribution in [0.15, 0.2) is 48.7 Å². The Morgan fingerprint density at radius 2 is 1.67 bits per heavy atom. The van der Waals surface area contributed by atoms with Crippen LogP contribution in [0.3, 0.4) is 0 Å². The first-order valence-electron chi connectivity index (χ1n) is 7.25. The monoisotopic (exact) mass is 279 g/mol. The van der Waals surface area contributed by atoms with Gasteiger partial charge in [-0.3, -0.25) is 0 Å². The van der Waals surface area contributed by atoms with Crippen molar-refractivity contribution in [1.29, 1.82) is 0 Å². The highest BCUT2D eigenvalue weighted by molar-refractivity contribution is 5.96. The average molecular weight is 279 g/mol. The maximum absolute atomic E-state index is 5.33. The SMILES string of the molecule is COc1ccc2[nH]cc(-c3ccc(C(C)(C)C)cc3)c2c1. The highest BCUT2D eigenvalue weighted by Crippen LogP contribution is 2.32. The van der Waals surface area contributed by atoms with Crippen LogP contribution < -0.4 is 4.74 Å². The molecule has 3 aromatic rings. The Kier molecular flexibility index (Phi) is 3.25. The van der Waals surface area contributed by atoms with Gasteiger partial charge in [-0.05, 0) is 34.7 Å². The van der Waals surface area contributed by atoms with E-state index in [1.165, 1.54) is 22.1 Å². The lowest BCUT2D eigenvalue weighted by Gasteiger charge is -2.19. The van der Waals surface area contributed by atoms with E-state index in [1.807, 2.05) is 6.07 Å². The molecule has 108 valence electrons. The van der Waals surface area contributed by atoms with E-state index in [0.29, 0.717) is 0 Å². The molecule has 0 unspecified atom stereocenters. The predicted octanol–water partition coefficient (Wildman–Crippen LogP) is 5.14. The Bertz CT molecular complexity index is 760. The van der Waals surface area contributed by atoms with Gasteiger partial charge in [0.15, 0.2) is 0 Å². The van der Waals surface area contributed by atoms with Crippen LogP contribution >= 0.6 is 0 Å². The van der Waals surface area contributed by atoms with Gasteiger partial charge in [0.2, 0.25) is 0 Å². The molecule has 0 aliphatic rings. The topological polar surface area (TPSA) is 25.0 Å². The highest BCUT2D eigenvalue weighted by atomic mass is 16.5. The summed E-state index contributed by atoms with van der Waals surface area (Å²) in [4.78, 5) is 3.33. The second-order valence-electron chi connectivity index (χ2n) is 6.44. The maximum atomic E-state index is 5.33. The van der Waals surface area contributed by atoms with E-state index in [0.717, 1.165) is 11.3 Å². The smallest absolute Gasteiger partial charge is 0.119 e. The second-order valence-corrected chi connectivity index (χ2v) is 6.44. The first-order chi connectivity index (χ1) is 9.99. The Labute approximate surface area is 125 Å². The van der Waals surface area contributed by atoms with Crippen molar-refractivity contribution >= 4 is 10.9 Å². The van der Waals surface area contributed by atoms with Gasteiger partial charge in [-0.15, -0.1) is 0 Å². The van der Waals surface area contributed by atoms with Gasteiger partial charge in [-0.25, -0.2) is 0 Å².